The Kier molecular flexibility index (Phi) is 13.4. The number of amides is 2. The van der Waals surface area contributed by atoms with Crippen LogP contribution in [0.3, 0.4) is 0 Å². The first-order chi connectivity index (χ1) is 21.8. The lowest BCUT2D eigenvalue weighted by atomic mass is 10.1. The monoisotopic (exact) mass is 685 g/mol. The minimum absolute atomic E-state index is 0.0619. The van der Waals surface area contributed by atoms with Crippen molar-refractivity contribution in [1.29, 1.82) is 0 Å². The summed E-state index contributed by atoms with van der Waals surface area (Å²) in [4.78, 5) is 29.5. The highest BCUT2D eigenvalue weighted by atomic mass is 28.4. The molecule has 0 aliphatic carbocycles. The molecule has 2 aliphatic heterocycles. The van der Waals surface area contributed by atoms with Gasteiger partial charge in [0, 0.05) is 5.54 Å². The molecule has 264 valence electrons. The summed E-state index contributed by atoms with van der Waals surface area (Å²) in [5.41, 5.74) is -0.963. The molecule has 2 heterocycles. The van der Waals surface area contributed by atoms with Crippen LogP contribution in [0.4, 0.5) is 4.79 Å². The van der Waals surface area contributed by atoms with Crippen molar-refractivity contribution in [2.24, 2.45) is 0 Å². The lowest BCUT2D eigenvalue weighted by molar-refractivity contribution is -0.126. The van der Waals surface area contributed by atoms with Gasteiger partial charge in [0.25, 0.3) is 5.91 Å². The maximum Gasteiger partial charge on any atom is 0.417 e. The molecular weight excluding hydrogens is 623 g/mol. The molecule has 1 aromatic rings. The molecule has 0 radical (unpaired) electrons. The first-order valence-corrected chi connectivity index (χ1v) is 23.8. The standard InChI is InChI=1S/C38H63NO6Si2/c1-12-13-14-15-16-17-21-24-31-32(44-31)26-25-30(40)33-34(46(8,9)28-22-19-18-20-23-28)29(27-43-47(10,11)38(5,6)7)39(35(33)41)36(42)45-37(2,3)4/h18-20,22-23,25-26,29,31-32,34,40H,12-17,21,24,27H2,1-11H3/b26-25+,33-30+/t29-,31-,32-,34-/m1/s1. The number of nitrogens with zero attached hydrogens (tertiary/aromatic N) is 1. The van der Waals surface area contributed by atoms with Gasteiger partial charge in [-0.1, -0.05) is 121 Å². The third kappa shape index (κ3) is 10.4. The molecule has 1 N–H and O–H groups in total. The van der Waals surface area contributed by atoms with E-state index in [2.05, 4.69) is 66.0 Å². The molecule has 2 saturated heterocycles. The molecule has 47 heavy (non-hydrogen) atoms. The highest BCUT2D eigenvalue weighted by Crippen LogP contribution is 2.46. The second kappa shape index (κ2) is 16.0. The zero-order valence-corrected chi connectivity index (χ0v) is 33.2. The van der Waals surface area contributed by atoms with Crippen molar-refractivity contribution in [1.82, 2.24) is 4.90 Å². The Labute approximate surface area is 287 Å². The van der Waals surface area contributed by atoms with Gasteiger partial charge in [-0.15, -0.1) is 0 Å². The van der Waals surface area contributed by atoms with Crippen LogP contribution in [-0.2, 0) is 18.7 Å². The van der Waals surface area contributed by atoms with Crippen molar-refractivity contribution < 1.29 is 28.6 Å². The number of imide groups is 1. The first-order valence-electron chi connectivity index (χ1n) is 17.8. The smallest absolute Gasteiger partial charge is 0.417 e. The first kappa shape index (κ1) is 39.2. The summed E-state index contributed by atoms with van der Waals surface area (Å²) in [6, 6.07) is 9.56. The molecule has 3 rings (SSSR count). The van der Waals surface area contributed by atoms with Crippen LogP contribution >= 0.6 is 0 Å². The maximum atomic E-state index is 14.4. The summed E-state index contributed by atoms with van der Waals surface area (Å²) in [7, 11) is -4.83. The van der Waals surface area contributed by atoms with Crippen LogP contribution in [0.15, 0.2) is 53.8 Å². The molecule has 2 aliphatic rings. The fraction of sp³-hybridized carbons (Fsp3) is 0.684. The van der Waals surface area contributed by atoms with E-state index in [0.717, 1.165) is 18.0 Å². The number of epoxide rings is 1. The number of rotatable bonds is 15. The summed E-state index contributed by atoms with van der Waals surface area (Å²) in [6.45, 7) is 23.1. The maximum absolute atomic E-state index is 14.4. The third-order valence-corrected chi connectivity index (χ3v) is 18.8. The molecule has 2 fully saturated rings. The van der Waals surface area contributed by atoms with Crippen molar-refractivity contribution in [3.05, 3.63) is 53.8 Å². The fourth-order valence-corrected chi connectivity index (χ4v) is 10.9. The Hall–Kier alpha value is -2.21. The molecule has 4 atom stereocenters. The molecule has 9 heteroatoms. The molecule has 7 nitrogen and oxygen atoms in total. The summed E-state index contributed by atoms with van der Waals surface area (Å²) >= 11 is 0. The van der Waals surface area contributed by atoms with Crippen LogP contribution in [0, 0.1) is 0 Å². The number of aliphatic hydroxyl groups is 1. The Morgan fingerprint density at radius 1 is 0.957 bits per heavy atom. The predicted octanol–water partition coefficient (Wildman–Crippen LogP) is 9.42. The van der Waals surface area contributed by atoms with Crippen molar-refractivity contribution in [3.8, 4) is 0 Å². The Morgan fingerprint density at radius 3 is 2.13 bits per heavy atom. The van der Waals surface area contributed by atoms with Gasteiger partial charge in [0.2, 0.25) is 0 Å². The number of hydrogen-bond donors (Lipinski definition) is 1. The van der Waals surface area contributed by atoms with Gasteiger partial charge in [-0.05, 0) is 57.5 Å². The van der Waals surface area contributed by atoms with Crippen molar-refractivity contribution in [2.45, 2.75) is 160 Å². The van der Waals surface area contributed by atoms with Crippen molar-refractivity contribution >= 4 is 33.6 Å². The van der Waals surface area contributed by atoms with E-state index >= 15 is 0 Å². The zero-order chi connectivity index (χ0) is 35.2. The lowest BCUT2D eigenvalue weighted by Crippen LogP contribution is -2.54. The number of carbonyl (C=O) groups excluding carboxylic acids is 2. The summed E-state index contributed by atoms with van der Waals surface area (Å²) in [5.74, 6) is -0.617. The topological polar surface area (TPSA) is 88.6 Å². The van der Waals surface area contributed by atoms with E-state index in [4.69, 9.17) is 13.9 Å². The lowest BCUT2D eigenvalue weighted by Gasteiger charge is -2.40. The molecule has 0 aromatic heterocycles. The number of carbonyl (C=O) groups is 2. The number of ether oxygens (including phenoxy) is 2. The molecule has 0 bridgehead atoms. The van der Waals surface area contributed by atoms with Gasteiger partial charge in [0.05, 0.1) is 32.4 Å². The van der Waals surface area contributed by atoms with Crippen LogP contribution in [0.2, 0.25) is 36.8 Å². The van der Waals surface area contributed by atoms with E-state index in [0.29, 0.717) is 0 Å². The Bertz CT molecular complexity index is 1260. The van der Waals surface area contributed by atoms with E-state index in [1.54, 1.807) is 26.8 Å². The van der Waals surface area contributed by atoms with Crippen LogP contribution in [-0.4, -0.2) is 68.9 Å². The number of likely N-dealkylation sites (tertiary alicyclic amines) is 1. The average Bonchev–Trinajstić information content (AvgIpc) is 3.65. The number of benzene rings is 1. The van der Waals surface area contributed by atoms with Gasteiger partial charge in [0.1, 0.15) is 17.5 Å². The van der Waals surface area contributed by atoms with E-state index < -0.39 is 45.6 Å². The largest absolute Gasteiger partial charge is 0.507 e. The summed E-state index contributed by atoms with van der Waals surface area (Å²) in [6.07, 6.45) is 12.6. The highest BCUT2D eigenvalue weighted by molar-refractivity contribution is 6.92. The van der Waals surface area contributed by atoms with E-state index in [1.807, 2.05) is 24.3 Å². The second-order valence-electron chi connectivity index (χ2n) is 16.6. The SMILES string of the molecule is CCCCCCCCC[C@H]1O[C@@H]1/C=C/C(O)=C1\C(=O)N(C(=O)OC(C)(C)C)[C@H](CO[Si](C)(C)C(C)(C)C)[C@H]1[Si](C)(C)c1ccccc1. The molecule has 0 saturated carbocycles. The van der Waals surface area contributed by atoms with Crippen LogP contribution in [0.5, 0.6) is 0 Å². The third-order valence-electron chi connectivity index (χ3n) is 10.2. The molecule has 2 amide bonds. The van der Waals surface area contributed by atoms with Gasteiger partial charge in [-0.25, -0.2) is 9.69 Å². The van der Waals surface area contributed by atoms with Crippen LogP contribution in [0.25, 0.3) is 0 Å². The van der Waals surface area contributed by atoms with Crippen LogP contribution in [0.1, 0.15) is 99.8 Å². The quantitative estimate of drug-likeness (QED) is 0.0651. The molecule has 0 spiro atoms. The highest BCUT2D eigenvalue weighted by Gasteiger charge is 2.57. The van der Waals surface area contributed by atoms with Gasteiger partial charge < -0.3 is 19.0 Å². The molecule has 1 aromatic carbocycles. The predicted molar refractivity (Wildman–Crippen MR) is 197 cm³/mol. The van der Waals surface area contributed by atoms with E-state index in [1.165, 1.54) is 43.4 Å². The number of allylic oxidation sites excluding steroid dienone is 1. The molecule has 0 unspecified atom stereocenters. The van der Waals surface area contributed by atoms with E-state index in [9.17, 15) is 14.7 Å². The van der Waals surface area contributed by atoms with Crippen molar-refractivity contribution in [3.63, 3.8) is 0 Å². The normalized spacial score (nSPS) is 23.5. The average molecular weight is 686 g/mol. The number of aliphatic hydroxyl groups excluding tert-OH is 1. The van der Waals surface area contributed by atoms with Gasteiger partial charge in [-0.2, -0.15) is 0 Å². The number of hydrogen-bond acceptors (Lipinski definition) is 6. The van der Waals surface area contributed by atoms with Crippen molar-refractivity contribution in [2.75, 3.05) is 6.61 Å². The Morgan fingerprint density at radius 2 is 1.55 bits per heavy atom. The zero-order valence-electron chi connectivity index (χ0n) is 31.2. The number of unbranched alkanes of at least 4 members (excludes halogenated alkanes) is 6. The Balaban J connectivity index is 1.96. The minimum Gasteiger partial charge on any atom is -0.507 e. The molecular formula is C38H63NO6Si2. The van der Waals surface area contributed by atoms with Gasteiger partial charge in [0.15, 0.2) is 8.32 Å². The van der Waals surface area contributed by atoms with Gasteiger partial charge in [-0.3, -0.25) is 4.79 Å². The minimum atomic E-state index is -2.57. The van der Waals surface area contributed by atoms with E-state index in [-0.39, 0.29) is 35.2 Å². The van der Waals surface area contributed by atoms with Crippen LogP contribution < -0.4 is 5.19 Å². The summed E-state index contributed by atoms with van der Waals surface area (Å²) in [5, 5.41) is 12.8. The summed E-state index contributed by atoms with van der Waals surface area (Å²) < 4.78 is 18.5. The fourth-order valence-electron chi connectivity index (χ4n) is 6.26. The van der Waals surface area contributed by atoms with Gasteiger partial charge >= 0.3 is 6.09 Å². The second-order valence-corrected chi connectivity index (χ2v) is 26.0.